The SMILES string of the molecule is O=c1c2ccccc2oc2ccc(-c3ccc(-c4cccc(-c5cccc6c5c5cccc7c8ccccc8n6c75)c4)cc3)cc12. The Bertz CT molecular complexity index is 2870. The molecule has 0 fully saturated rings. The van der Waals surface area contributed by atoms with E-state index in [0.29, 0.717) is 21.9 Å². The lowest BCUT2D eigenvalue weighted by Gasteiger charge is -2.10. The quantitative estimate of drug-likeness (QED) is 0.193. The number of aromatic nitrogens is 1. The number of nitrogens with zero attached hydrogens (tertiary/aromatic N) is 1. The molecule has 0 saturated carbocycles. The van der Waals surface area contributed by atoms with Crippen molar-refractivity contribution in [2.24, 2.45) is 0 Å². The third-order valence-electron chi connectivity index (χ3n) is 9.55. The molecule has 10 rings (SSSR count). The summed E-state index contributed by atoms with van der Waals surface area (Å²) >= 11 is 0. The van der Waals surface area contributed by atoms with Crippen molar-refractivity contribution in [1.82, 2.24) is 4.40 Å². The minimum Gasteiger partial charge on any atom is -0.456 e. The van der Waals surface area contributed by atoms with Crippen molar-refractivity contribution in [2.45, 2.75) is 0 Å². The Labute approximate surface area is 263 Å². The number of para-hydroxylation sites is 3. The lowest BCUT2D eigenvalue weighted by molar-refractivity contribution is 0.660. The Morgan fingerprint density at radius 1 is 0.413 bits per heavy atom. The van der Waals surface area contributed by atoms with Crippen LogP contribution in [0.25, 0.3) is 93.4 Å². The second-order valence-electron chi connectivity index (χ2n) is 12.1. The lowest BCUT2D eigenvalue weighted by Crippen LogP contribution is -2.01. The second-order valence-corrected chi connectivity index (χ2v) is 12.1. The molecule has 10 aromatic rings. The first-order valence-electron chi connectivity index (χ1n) is 15.6. The predicted octanol–water partition coefficient (Wildman–Crippen LogP) is 11.1. The van der Waals surface area contributed by atoms with E-state index < -0.39 is 0 Å². The molecule has 0 N–H and O–H groups in total. The molecule has 3 aromatic heterocycles. The van der Waals surface area contributed by atoms with Crippen molar-refractivity contribution in [3.8, 4) is 33.4 Å². The van der Waals surface area contributed by atoms with E-state index in [9.17, 15) is 4.79 Å². The molecule has 46 heavy (non-hydrogen) atoms. The first-order chi connectivity index (χ1) is 22.7. The third-order valence-corrected chi connectivity index (χ3v) is 9.55. The van der Waals surface area contributed by atoms with Crippen LogP contribution < -0.4 is 5.43 Å². The van der Waals surface area contributed by atoms with E-state index in [1.54, 1.807) is 0 Å². The summed E-state index contributed by atoms with van der Waals surface area (Å²) in [6.45, 7) is 0. The zero-order valence-electron chi connectivity index (χ0n) is 24.7. The smallest absolute Gasteiger partial charge is 0.200 e. The fourth-order valence-electron chi connectivity index (χ4n) is 7.42. The van der Waals surface area contributed by atoms with Crippen molar-refractivity contribution in [1.29, 1.82) is 0 Å². The maximum absolute atomic E-state index is 13.2. The van der Waals surface area contributed by atoms with Crippen LogP contribution in [0, 0.1) is 0 Å². The van der Waals surface area contributed by atoms with Crippen LogP contribution in [0.5, 0.6) is 0 Å². The highest BCUT2D eigenvalue weighted by Gasteiger charge is 2.19. The maximum atomic E-state index is 13.2. The molecule has 3 nitrogen and oxygen atoms in total. The van der Waals surface area contributed by atoms with Crippen LogP contribution in [0.15, 0.2) is 161 Å². The topological polar surface area (TPSA) is 34.6 Å². The average molecular weight is 588 g/mol. The first kappa shape index (κ1) is 25.2. The van der Waals surface area contributed by atoms with Gasteiger partial charge in [0, 0.05) is 21.5 Å². The molecule has 0 saturated heterocycles. The zero-order chi connectivity index (χ0) is 30.4. The van der Waals surface area contributed by atoms with E-state index >= 15 is 0 Å². The van der Waals surface area contributed by atoms with E-state index in [1.165, 1.54) is 49.2 Å². The van der Waals surface area contributed by atoms with Gasteiger partial charge in [-0.25, -0.2) is 0 Å². The normalized spacial score (nSPS) is 12.0. The van der Waals surface area contributed by atoms with E-state index in [0.717, 1.165) is 22.3 Å². The predicted molar refractivity (Wildman–Crippen MR) is 191 cm³/mol. The molecule has 0 atom stereocenters. The Morgan fingerprint density at radius 3 is 1.89 bits per heavy atom. The van der Waals surface area contributed by atoms with Gasteiger partial charge in [-0.15, -0.1) is 0 Å². The molecule has 0 aliphatic heterocycles. The zero-order valence-corrected chi connectivity index (χ0v) is 24.7. The molecule has 3 heteroatoms. The Hall–Kier alpha value is -6.19. The van der Waals surface area contributed by atoms with Crippen molar-refractivity contribution < 1.29 is 4.42 Å². The largest absolute Gasteiger partial charge is 0.456 e. The molecule has 0 aliphatic carbocycles. The summed E-state index contributed by atoms with van der Waals surface area (Å²) in [6, 6.07) is 52.7. The summed E-state index contributed by atoms with van der Waals surface area (Å²) < 4.78 is 8.45. The molecule has 0 spiro atoms. The van der Waals surface area contributed by atoms with E-state index in [2.05, 4.69) is 114 Å². The molecule has 0 bridgehead atoms. The van der Waals surface area contributed by atoms with Crippen LogP contribution in [-0.2, 0) is 0 Å². The highest BCUT2D eigenvalue weighted by Crippen LogP contribution is 2.43. The van der Waals surface area contributed by atoms with Crippen LogP contribution in [-0.4, -0.2) is 4.40 Å². The number of hydrogen-bond donors (Lipinski definition) is 0. The summed E-state index contributed by atoms with van der Waals surface area (Å²) in [5.74, 6) is 0. The standard InChI is InChI=1S/C43H25NO2/c45-43-34-11-2-4-17-39(34)46-40-23-22-29(25-36(40)43)27-20-18-26(19-21-27)28-8-5-9-30(24-28)31-12-7-16-38-41(31)35-14-6-13-33-32-10-1-3-15-37(32)44(38)42(33)35/h1-25H. The van der Waals surface area contributed by atoms with Gasteiger partial charge in [-0.3, -0.25) is 4.79 Å². The highest BCUT2D eigenvalue weighted by molar-refractivity contribution is 6.25. The van der Waals surface area contributed by atoms with Crippen LogP contribution in [0.1, 0.15) is 0 Å². The molecule has 0 aliphatic rings. The molecule has 0 radical (unpaired) electrons. The van der Waals surface area contributed by atoms with Crippen molar-refractivity contribution in [3.05, 3.63) is 162 Å². The number of rotatable bonds is 3. The third kappa shape index (κ3) is 3.51. The van der Waals surface area contributed by atoms with Gasteiger partial charge in [-0.2, -0.15) is 0 Å². The monoisotopic (exact) mass is 587 g/mol. The van der Waals surface area contributed by atoms with Gasteiger partial charge < -0.3 is 8.82 Å². The van der Waals surface area contributed by atoms with Crippen LogP contribution >= 0.6 is 0 Å². The van der Waals surface area contributed by atoms with E-state index in [1.807, 2.05) is 42.5 Å². The van der Waals surface area contributed by atoms with Gasteiger partial charge in [0.25, 0.3) is 0 Å². The Kier molecular flexibility index (Phi) is 5.15. The van der Waals surface area contributed by atoms with Crippen LogP contribution in [0.3, 0.4) is 0 Å². The van der Waals surface area contributed by atoms with Gasteiger partial charge >= 0.3 is 0 Å². The lowest BCUT2D eigenvalue weighted by atomic mass is 9.94. The molecule has 0 unspecified atom stereocenters. The molecule has 0 amide bonds. The summed E-state index contributed by atoms with van der Waals surface area (Å²) in [6.07, 6.45) is 0. The molecular weight excluding hydrogens is 562 g/mol. The molecule has 3 heterocycles. The van der Waals surface area contributed by atoms with E-state index in [-0.39, 0.29) is 5.43 Å². The van der Waals surface area contributed by atoms with Crippen molar-refractivity contribution in [2.75, 3.05) is 0 Å². The maximum Gasteiger partial charge on any atom is 0.200 e. The van der Waals surface area contributed by atoms with Crippen LogP contribution in [0.2, 0.25) is 0 Å². The van der Waals surface area contributed by atoms with Gasteiger partial charge in [-0.1, -0.05) is 109 Å². The molecular formula is C43H25NO2. The van der Waals surface area contributed by atoms with Gasteiger partial charge in [0.1, 0.15) is 11.2 Å². The summed E-state index contributed by atoms with van der Waals surface area (Å²) in [4.78, 5) is 13.2. The van der Waals surface area contributed by atoms with Gasteiger partial charge in [-0.05, 0) is 75.8 Å². The first-order valence-corrected chi connectivity index (χ1v) is 15.6. The number of hydrogen-bond acceptors (Lipinski definition) is 2. The number of benzene rings is 7. The van der Waals surface area contributed by atoms with Gasteiger partial charge in [0.15, 0.2) is 0 Å². The summed E-state index contributed by atoms with van der Waals surface area (Å²) in [5.41, 5.74) is 11.8. The minimum atomic E-state index is -0.00306. The van der Waals surface area contributed by atoms with Crippen LogP contribution in [0.4, 0.5) is 0 Å². The van der Waals surface area contributed by atoms with Gasteiger partial charge in [0.2, 0.25) is 5.43 Å². The Morgan fingerprint density at radius 2 is 1.02 bits per heavy atom. The van der Waals surface area contributed by atoms with E-state index in [4.69, 9.17) is 4.42 Å². The summed E-state index contributed by atoms with van der Waals surface area (Å²) in [7, 11) is 0. The highest BCUT2D eigenvalue weighted by atomic mass is 16.3. The molecule has 214 valence electrons. The van der Waals surface area contributed by atoms with Crippen molar-refractivity contribution in [3.63, 3.8) is 0 Å². The second kappa shape index (κ2) is 9.40. The van der Waals surface area contributed by atoms with Gasteiger partial charge in [0.05, 0.1) is 27.3 Å². The minimum absolute atomic E-state index is 0.00306. The fourth-order valence-corrected chi connectivity index (χ4v) is 7.42. The Balaban J connectivity index is 1.07. The number of fused-ring (bicyclic) bond motifs is 8. The summed E-state index contributed by atoms with van der Waals surface area (Å²) in [5, 5.41) is 6.36. The molecule has 7 aromatic carbocycles. The average Bonchev–Trinajstić information content (AvgIpc) is 3.65. The fraction of sp³-hybridized carbons (Fsp3) is 0. The van der Waals surface area contributed by atoms with Crippen molar-refractivity contribution >= 4 is 60.0 Å².